The Morgan fingerprint density at radius 1 is 0.947 bits per heavy atom. The van der Waals surface area contributed by atoms with Gasteiger partial charge in [-0.2, -0.15) is 0 Å². The van der Waals surface area contributed by atoms with Crippen molar-refractivity contribution >= 4 is 5.78 Å². The van der Waals surface area contributed by atoms with E-state index in [0.717, 1.165) is 29.7 Å². The molecule has 0 radical (unpaired) electrons. The highest BCUT2D eigenvalue weighted by atomic mass is 16.5. The summed E-state index contributed by atoms with van der Waals surface area (Å²) >= 11 is 0. The van der Waals surface area contributed by atoms with Crippen LogP contribution < -0.4 is 4.74 Å². The van der Waals surface area contributed by atoms with E-state index in [1.165, 1.54) is 5.56 Å². The normalized spacial score (nSPS) is 10.2. The Bertz CT molecular complexity index is 573. The quantitative estimate of drug-likeness (QED) is 0.761. The number of rotatable bonds is 5. The van der Waals surface area contributed by atoms with Gasteiger partial charge in [0.25, 0.3) is 0 Å². The van der Waals surface area contributed by atoms with E-state index in [4.69, 9.17) is 4.74 Å². The molecule has 0 aliphatic carbocycles. The zero-order chi connectivity index (χ0) is 13.7. The van der Waals surface area contributed by atoms with Crippen LogP contribution in [-0.4, -0.2) is 12.9 Å². The Labute approximate surface area is 114 Å². The molecule has 0 saturated heterocycles. The smallest absolute Gasteiger partial charge is 0.160 e. The summed E-state index contributed by atoms with van der Waals surface area (Å²) in [5.74, 6) is 1.03. The van der Waals surface area contributed by atoms with Crippen molar-refractivity contribution in [1.82, 2.24) is 0 Å². The zero-order valence-corrected chi connectivity index (χ0v) is 11.3. The van der Waals surface area contributed by atoms with Crippen molar-refractivity contribution < 1.29 is 9.53 Å². The molecular formula is C17H18O2. The van der Waals surface area contributed by atoms with Gasteiger partial charge >= 0.3 is 0 Å². The lowest BCUT2D eigenvalue weighted by Gasteiger charge is -2.10. The molecule has 0 fully saturated rings. The number of para-hydroxylation sites is 1. The first kappa shape index (κ1) is 13.3. The van der Waals surface area contributed by atoms with E-state index in [9.17, 15) is 4.79 Å². The van der Waals surface area contributed by atoms with Crippen molar-refractivity contribution in [2.75, 3.05) is 7.11 Å². The molecule has 2 aromatic carbocycles. The van der Waals surface area contributed by atoms with Crippen LogP contribution in [0.2, 0.25) is 0 Å². The Balaban J connectivity index is 2.17. The Kier molecular flexibility index (Phi) is 4.35. The van der Waals surface area contributed by atoms with Gasteiger partial charge in [0.05, 0.1) is 7.11 Å². The van der Waals surface area contributed by atoms with Crippen molar-refractivity contribution in [3.05, 3.63) is 65.2 Å². The van der Waals surface area contributed by atoms with Crippen LogP contribution in [0.3, 0.4) is 0 Å². The topological polar surface area (TPSA) is 26.3 Å². The molecule has 0 atom stereocenters. The number of ether oxygens (including phenoxy) is 1. The maximum absolute atomic E-state index is 11.6. The third-order valence-corrected chi connectivity index (χ3v) is 3.25. The monoisotopic (exact) mass is 254 g/mol. The highest BCUT2D eigenvalue weighted by Crippen LogP contribution is 2.20. The van der Waals surface area contributed by atoms with Crippen molar-refractivity contribution in [3.8, 4) is 5.75 Å². The molecule has 2 heteroatoms. The molecule has 0 N–H and O–H groups in total. The number of methoxy groups -OCH3 is 1. The molecule has 98 valence electrons. The van der Waals surface area contributed by atoms with Crippen LogP contribution >= 0.6 is 0 Å². The van der Waals surface area contributed by atoms with E-state index in [1.807, 2.05) is 42.5 Å². The van der Waals surface area contributed by atoms with E-state index in [-0.39, 0.29) is 5.78 Å². The number of ketones is 1. The summed E-state index contributed by atoms with van der Waals surface area (Å²) in [7, 11) is 1.68. The third-order valence-electron chi connectivity index (χ3n) is 3.25. The number of carbonyl (C=O) groups excluding carboxylic acids is 1. The molecule has 0 unspecified atom stereocenters. The summed E-state index contributed by atoms with van der Waals surface area (Å²) in [4.78, 5) is 11.6. The molecule has 2 aromatic rings. The second kappa shape index (κ2) is 6.19. The van der Waals surface area contributed by atoms with Crippen molar-refractivity contribution in [2.24, 2.45) is 0 Å². The lowest BCUT2D eigenvalue weighted by atomic mass is 9.97. The summed E-state index contributed by atoms with van der Waals surface area (Å²) in [6, 6.07) is 15.8. The van der Waals surface area contributed by atoms with Gasteiger partial charge in [0.2, 0.25) is 0 Å². The second-order valence-corrected chi connectivity index (χ2v) is 4.53. The molecule has 2 rings (SSSR count). The summed E-state index contributed by atoms with van der Waals surface area (Å²) in [5.41, 5.74) is 3.08. The van der Waals surface area contributed by atoms with Gasteiger partial charge in [0.15, 0.2) is 5.78 Å². The van der Waals surface area contributed by atoms with E-state index in [2.05, 4.69) is 6.07 Å². The second-order valence-electron chi connectivity index (χ2n) is 4.53. The SMILES string of the molecule is COc1ccccc1CCc1ccccc1C(C)=O. The van der Waals surface area contributed by atoms with Gasteiger partial charge in [0.1, 0.15) is 5.75 Å². The summed E-state index contributed by atoms with van der Waals surface area (Å²) in [6.45, 7) is 1.61. The summed E-state index contributed by atoms with van der Waals surface area (Å²) in [5, 5.41) is 0. The molecule has 0 spiro atoms. The van der Waals surface area contributed by atoms with Crippen LogP contribution in [0.5, 0.6) is 5.75 Å². The van der Waals surface area contributed by atoms with E-state index in [1.54, 1.807) is 14.0 Å². The standard InChI is InChI=1S/C17H18O2/c1-13(18)16-9-5-3-7-14(16)11-12-15-8-4-6-10-17(15)19-2/h3-10H,11-12H2,1-2H3. The molecule has 0 heterocycles. The molecule has 2 nitrogen and oxygen atoms in total. The first-order valence-corrected chi connectivity index (χ1v) is 6.43. The molecular weight excluding hydrogens is 236 g/mol. The predicted molar refractivity (Wildman–Crippen MR) is 76.8 cm³/mol. The number of Topliss-reactive ketones (excluding diaryl/α,β-unsaturated/α-hetero) is 1. The molecule has 0 amide bonds. The Morgan fingerprint density at radius 3 is 2.21 bits per heavy atom. The minimum atomic E-state index is 0.121. The lowest BCUT2D eigenvalue weighted by molar-refractivity contribution is 0.101. The Hall–Kier alpha value is -2.09. The number of aryl methyl sites for hydroxylation is 2. The van der Waals surface area contributed by atoms with Crippen molar-refractivity contribution in [3.63, 3.8) is 0 Å². The van der Waals surface area contributed by atoms with E-state index >= 15 is 0 Å². The molecule has 0 aliphatic heterocycles. The fraction of sp³-hybridized carbons (Fsp3) is 0.235. The first-order valence-electron chi connectivity index (χ1n) is 6.43. The number of benzene rings is 2. The lowest BCUT2D eigenvalue weighted by Crippen LogP contribution is -2.02. The molecule has 0 bridgehead atoms. The largest absolute Gasteiger partial charge is 0.496 e. The minimum absolute atomic E-state index is 0.121. The van der Waals surface area contributed by atoms with Gasteiger partial charge in [-0.05, 0) is 37.0 Å². The van der Waals surface area contributed by atoms with Gasteiger partial charge in [-0.3, -0.25) is 4.79 Å². The van der Waals surface area contributed by atoms with Gasteiger partial charge in [0, 0.05) is 5.56 Å². The molecule has 0 aromatic heterocycles. The summed E-state index contributed by atoms with van der Waals surface area (Å²) < 4.78 is 5.34. The van der Waals surface area contributed by atoms with Crippen LogP contribution in [0, 0.1) is 0 Å². The van der Waals surface area contributed by atoms with Crippen LogP contribution in [0.4, 0.5) is 0 Å². The van der Waals surface area contributed by atoms with E-state index < -0.39 is 0 Å². The summed E-state index contributed by atoms with van der Waals surface area (Å²) in [6.07, 6.45) is 1.71. The fourth-order valence-electron chi connectivity index (χ4n) is 2.26. The maximum Gasteiger partial charge on any atom is 0.160 e. The highest BCUT2D eigenvalue weighted by Gasteiger charge is 2.08. The van der Waals surface area contributed by atoms with Gasteiger partial charge < -0.3 is 4.74 Å². The first-order chi connectivity index (χ1) is 9.22. The van der Waals surface area contributed by atoms with Crippen LogP contribution in [-0.2, 0) is 12.8 Å². The number of hydrogen-bond donors (Lipinski definition) is 0. The zero-order valence-electron chi connectivity index (χ0n) is 11.3. The van der Waals surface area contributed by atoms with Crippen molar-refractivity contribution in [1.29, 1.82) is 0 Å². The average Bonchev–Trinajstić information content (AvgIpc) is 2.45. The fourth-order valence-corrected chi connectivity index (χ4v) is 2.26. The van der Waals surface area contributed by atoms with Gasteiger partial charge in [-0.25, -0.2) is 0 Å². The third kappa shape index (κ3) is 3.22. The maximum atomic E-state index is 11.6. The Morgan fingerprint density at radius 2 is 1.53 bits per heavy atom. The molecule has 19 heavy (non-hydrogen) atoms. The molecule has 0 saturated carbocycles. The van der Waals surface area contributed by atoms with Crippen molar-refractivity contribution in [2.45, 2.75) is 19.8 Å². The van der Waals surface area contributed by atoms with Crippen LogP contribution in [0.1, 0.15) is 28.4 Å². The van der Waals surface area contributed by atoms with E-state index in [0.29, 0.717) is 0 Å². The highest BCUT2D eigenvalue weighted by molar-refractivity contribution is 5.95. The molecule has 0 aliphatic rings. The average molecular weight is 254 g/mol. The number of hydrogen-bond acceptors (Lipinski definition) is 2. The van der Waals surface area contributed by atoms with Crippen LogP contribution in [0.15, 0.2) is 48.5 Å². The predicted octanol–water partition coefficient (Wildman–Crippen LogP) is 3.68. The van der Waals surface area contributed by atoms with Gasteiger partial charge in [-0.1, -0.05) is 42.5 Å². The minimum Gasteiger partial charge on any atom is -0.496 e. The van der Waals surface area contributed by atoms with Gasteiger partial charge in [-0.15, -0.1) is 0 Å². The number of carbonyl (C=O) groups is 1. The van der Waals surface area contributed by atoms with Crippen LogP contribution in [0.25, 0.3) is 0 Å².